The highest BCUT2D eigenvalue weighted by atomic mass is 16.7. The molecular weight excluding hydrogens is 186 g/mol. The van der Waals surface area contributed by atoms with Crippen LogP contribution in [0.25, 0.3) is 0 Å². The summed E-state index contributed by atoms with van der Waals surface area (Å²) < 4.78 is 10.7. The molecule has 5 heteroatoms. The summed E-state index contributed by atoms with van der Waals surface area (Å²) in [5, 5.41) is 10.2. The predicted octanol–water partition coefficient (Wildman–Crippen LogP) is 1.44. The van der Waals surface area contributed by atoms with Gasteiger partial charge in [-0.2, -0.15) is 0 Å². The summed E-state index contributed by atoms with van der Waals surface area (Å²) in [7, 11) is 0. The summed E-state index contributed by atoms with van der Waals surface area (Å²) in [6, 6.07) is 0. The Balaban J connectivity index is 2.33. The van der Waals surface area contributed by atoms with Crippen molar-refractivity contribution in [2.45, 2.75) is 32.5 Å². The third kappa shape index (κ3) is 3.59. The summed E-state index contributed by atoms with van der Waals surface area (Å²) in [5.74, 6) is 0.174. The Morgan fingerprint density at radius 2 is 2.07 bits per heavy atom. The molecule has 14 heavy (non-hydrogen) atoms. The van der Waals surface area contributed by atoms with E-state index >= 15 is 0 Å². The minimum atomic E-state index is -0.280. The van der Waals surface area contributed by atoms with E-state index in [-0.39, 0.29) is 23.7 Å². The van der Waals surface area contributed by atoms with Gasteiger partial charge in [-0.25, -0.2) is 0 Å². The topological polar surface area (TPSA) is 61.6 Å². The summed E-state index contributed by atoms with van der Waals surface area (Å²) in [5.41, 5.74) is 0. The number of nitrogens with zero attached hydrogens (tertiary/aromatic N) is 1. The van der Waals surface area contributed by atoms with E-state index < -0.39 is 0 Å². The smallest absolute Gasteiger partial charge is 0.204 e. The van der Waals surface area contributed by atoms with Gasteiger partial charge in [-0.3, -0.25) is 10.1 Å². The van der Waals surface area contributed by atoms with Crippen molar-refractivity contribution in [3.63, 3.8) is 0 Å². The van der Waals surface area contributed by atoms with E-state index in [9.17, 15) is 10.1 Å². The van der Waals surface area contributed by atoms with Gasteiger partial charge in [0.05, 0.1) is 13.2 Å². The highest BCUT2D eigenvalue weighted by molar-refractivity contribution is 4.66. The molecule has 0 aliphatic carbocycles. The fourth-order valence-corrected chi connectivity index (χ4v) is 1.71. The number of hydrogen-bond donors (Lipinski definition) is 0. The van der Waals surface area contributed by atoms with Crippen molar-refractivity contribution in [3.8, 4) is 0 Å². The first-order valence-electron chi connectivity index (χ1n) is 5.09. The lowest BCUT2D eigenvalue weighted by Crippen LogP contribution is -2.23. The van der Waals surface area contributed by atoms with Crippen LogP contribution >= 0.6 is 0 Å². The Hall–Kier alpha value is -0.680. The molecule has 1 atom stereocenters. The quantitative estimate of drug-likeness (QED) is 0.484. The maximum absolute atomic E-state index is 10.2. The zero-order valence-corrected chi connectivity index (χ0v) is 8.48. The van der Waals surface area contributed by atoms with Crippen LogP contribution in [0.1, 0.15) is 26.2 Å². The second-order valence-corrected chi connectivity index (χ2v) is 3.50. The molecule has 0 spiro atoms. The first-order chi connectivity index (χ1) is 6.74. The van der Waals surface area contributed by atoms with Crippen LogP contribution < -0.4 is 0 Å². The fraction of sp³-hybridized carbons (Fsp3) is 1.00. The zero-order valence-electron chi connectivity index (χ0n) is 8.48. The number of ether oxygens (including phenoxy) is 2. The first-order valence-corrected chi connectivity index (χ1v) is 5.09. The van der Waals surface area contributed by atoms with E-state index in [1.165, 1.54) is 0 Å². The molecule has 82 valence electrons. The lowest BCUT2D eigenvalue weighted by atomic mass is 9.99. The molecule has 0 aromatic heterocycles. The number of rotatable bonds is 6. The lowest BCUT2D eigenvalue weighted by Gasteiger charge is -2.19. The molecule has 0 amide bonds. The second-order valence-electron chi connectivity index (χ2n) is 3.50. The predicted molar refractivity (Wildman–Crippen MR) is 50.6 cm³/mol. The van der Waals surface area contributed by atoms with E-state index in [0.29, 0.717) is 19.6 Å². The molecule has 0 N–H and O–H groups in total. The van der Waals surface area contributed by atoms with E-state index in [0.717, 1.165) is 12.8 Å². The molecular formula is C9H17NO4. The Kier molecular flexibility index (Phi) is 4.82. The minimum Gasteiger partial charge on any atom is -0.350 e. The average molecular weight is 203 g/mol. The van der Waals surface area contributed by atoms with Crippen LogP contribution in [0.2, 0.25) is 0 Å². The van der Waals surface area contributed by atoms with Crippen molar-refractivity contribution >= 4 is 0 Å². The molecule has 0 aromatic carbocycles. The van der Waals surface area contributed by atoms with Gasteiger partial charge in [-0.05, 0) is 6.42 Å². The summed E-state index contributed by atoms with van der Waals surface area (Å²) >= 11 is 0. The monoisotopic (exact) mass is 203 g/mol. The van der Waals surface area contributed by atoms with E-state index in [4.69, 9.17) is 9.47 Å². The highest BCUT2D eigenvalue weighted by Crippen LogP contribution is 2.22. The van der Waals surface area contributed by atoms with Crippen molar-refractivity contribution in [1.29, 1.82) is 0 Å². The molecule has 5 nitrogen and oxygen atoms in total. The molecule has 1 aliphatic heterocycles. The molecule has 1 heterocycles. The second kappa shape index (κ2) is 5.93. The van der Waals surface area contributed by atoms with Gasteiger partial charge in [0.25, 0.3) is 0 Å². The van der Waals surface area contributed by atoms with Crippen molar-refractivity contribution in [2.75, 3.05) is 19.8 Å². The van der Waals surface area contributed by atoms with Crippen LogP contribution in [0.15, 0.2) is 0 Å². The Labute approximate surface area is 83.5 Å². The SMILES string of the molecule is CCCC(CC[N+](=O)[O-])C1OCCO1. The summed E-state index contributed by atoms with van der Waals surface area (Å²) in [4.78, 5) is 9.97. The maximum atomic E-state index is 10.2. The van der Waals surface area contributed by atoms with Crippen LogP contribution in [0.5, 0.6) is 0 Å². The third-order valence-electron chi connectivity index (χ3n) is 2.37. The van der Waals surface area contributed by atoms with Crippen LogP contribution in [-0.2, 0) is 9.47 Å². The molecule has 1 aliphatic rings. The third-order valence-corrected chi connectivity index (χ3v) is 2.37. The molecule has 1 rings (SSSR count). The van der Waals surface area contributed by atoms with Gasteiger partial charge in [-0.15, -0.1) is 0 Å². The van der Waals surface area contributed by atoms with Gasteiger partial charge in [0, 0.05) is 17.3 Å². The molecule has 0 aromatic rings. The average Bonchev–Trinajstić information content (AvgIpc) is 2.64. The van der Waals surface area contributed by atoms with E-state index in [1.54, 1.807) is 0 Å². The van der Waals surface area contributed by atoms with Gasteiger partial charge in [0.1, 0.15) is 0 Å². The van der Waals surface area contributed by atoms with Gasteiger partial charge in [0.2, 0.25) is 6.54 Å². The van der Waals surface area contributed by atoms with E-state index in [2.05, 4.69) is 6.92 Å². The molecule has 0 saturated carbocycles. The molecule has 1 unspecified atom stereocenters. The molecule has 0 bridgehead atoms. The van der Waals surface area contributed by atoms with Gasteiger partial charge >= 0.3 is 0 Å². The van der Waals surface area contributed by atoms with Crippen molar-refractivity contribution in [3.05, 3.63) is 10.1 Å². The summed E-state index contributed by atoms with van der Waals surface area (Å²) in [6.45, 7) is 3.30. The Bertz CT molecular complexity index is 180. The van der Waals surface area contributed by atoms with Crippen molar-refractivity contribution < 1.29 is 14.4 Å². The maximum Gasteiger partial charge on any atom is 0.204 e. The highest BCUT2D eigenvalue weighted by Gasteiger charge is 2.27. The van der Waals surface area contributed by atoms with E-state index in [1.807, 2.05) is 0 Å². The molecule has 1 fully saturated rings. The van der Waals surface area contributed by atoms with Gasteiger partial charge < -0.3 is 9.47 Å². The summed E-state index contributed by atoms with van der Waals surface area (Å²) in [6.07, 6.45) is 2.27. The standard InChI is InChI=1S/C9H17NO4/c1-2-3-8(4-5-10(11)12)9-13-6-7-14-9/h8-9H,2-7H2,1H3. The van der Waals surface area contributed by atoms with Gasteiger partial charge in [0.15, 0.2) is 6.29 Å². The molecule has 0 radical (unpaired) electrons. The molecule has 1 saturated heterocycles. The first kappa shape index (κ1) is 11.4. The van der Waals surface area contributed by atoms with Crippen LogP contribution in [0.3, 0.4) is 0 Å². The normalized spacial score (nSPS) is 19.8. The lowest BCUT2D eigenvalue weighted by molar-refractivity contribution is -0.482. The largest absolute Gasteiger partial charge is 0.350 e. The number of nitro groups is 1. The number of hydrogen-bond acceptors (Lipinski definition) is 4. The Morgan fingerprint density at radius 3 is 2.57 bits per heavy atom. The van der Waals surface area contributed by atoms with Crippen molar-refractivity contribution in [1.82, 2.24) is 0 Å². The van der Waals surface area contributed by atoms with Crippen LogP contribution in [0, 0.1) is 16.0 Å². The van der Waals surface area contributed by atoms with Crippen LogP contribution in [0.4, 0.5) is 0 Å². The zero-order chi connectivity index (χ0) is 10.4. The Morgan fingerprint density at radius 1 is 1.43 bits per heavy atom. The minimum absolute atomic E-state index is 0.00782. The van der Waals surface area contributed by atoms with Gasteiger partial charge in [-0.1, -0.05) is 13.3 Å². The van der Waals surface area contributed by atoms with Crippen molar-refractivity contribution in [2.24, 2.45) is 5.92 Å². The fourth-order valence-electron chi connectivity index (χ4n) is 1.71. The van der Waals surface area contributed by atoms with Crippen LogP contribution in [-0.4, -0.2) is 31.0 Å².